The Morgan fingerprint density at radius 2 is 1.82 bits per heavy atom. The second-order valence-electron chi connectivity index (χ2n) is 6.36. The van der Waals surface area contributed by atoms with Crippen LogP contribution in [0, 0.1) is 6.92 Å². The molecule has 0 aromatic heterocycles. The number of nitrogens with zero attached hydrogens (tertiary/aromatic N) is 1. The van der Waals surface area contributed by atoms with E-state index in [4.69, 9.17) is 16.3 Å². The summed E-state index contributed by atoms with van der Waals surface area (Å²) >= 11 is 5.89. The molecule has 1 N–H and O–H groups in total. The molecule has 28 heavy (non-hydrogen) atoms. The van der Waals surface area contributed by atoms with Crippen LogP contribution in [0.15, 0.2) is 48.5 Å². The van der Waals surface area contributed by atoms with Crippen molar-refractivity contribution < 1.29 is 17.9 Å². The van der Waals surface area contributed by atoms with E-state index in [0.717, 1.165) is 21.9 Å². The molecular formula is C20H25ClN2O4S. The third-order valence-corrected chi connectivity index (χ3v) is 5.60. The molecule has 1 amide bonds. The van der Waals surface area contributed by atoms with Gasteiger partial charge in [-0.3, -0.25) is 9.10 Å². The molecule has 0 fully saturated rings. The fraction of sp³-hybridized carbons (Fsp3) is 0.350. The lowest BCUT2D eigenvalue weighted by molar-refractivity contribution is -0.122. The van der Waals surface area contributed by atoms with Crippen LogP contribution in [0.5, 0.6) is 5.75 Å². The zero-order valence-corrected chi connectivity index (χ0v) is 17.8. The molecule has 1 atom stereocenters. The first-order valence-electron chi connectivity index (χ1n) is 8.95. The van der Waals surface area contributed by atoms with Crippen molar-refractivity contribution in [1.82, 2.24) is 5.32 Å². The van der Waals surface area contributed by atoms with Crippen LogP contribution in [0.3, 0.4) is 0 Å². The molecule has 8 heteroatoms. The molecule has 2 rings (SSSR count). The van der Waals surface area contributed by atoms with Gasteiger partial charge in [0.05, 0.1) is 18.5 Å². The van der Waals surface area contributed by atoms with Crippen molar-refractivity contribution in [3.05, 3.63) is 59.1 Å². The lowest BCUT2D eigenvalue weighted by Gasteiger charge is -2.30. The molecular weight excluding hydrogens is 400 g/mol. The zero-order chi connectivity index (χ0) is 20.7. The highest BCUT2D eigenvalue weighted by Crippen LogP contribution is 2.24. The van der Waals surface area contributed by atoms with E-state index in [9.17, 15) is 13.2 Å². The monoisotopic (exact) mass is 424 g/mol. The van der Waals surface area contributed by atoms with Gasteiger partial charge in [0, 0.05) is 5.02 Å². The van der Waals surface area contributed by atoms with Gasteiger partial charge in [-0.2, -0.15) is 0 Å². The summed E-state index contributed by atoms with van der Waals surface area (Å²) in [5, 5.41) is 3.25. The fourth-order valence-electron chi connectivity index (χ4n) is 2.82. The summed E-state index contributed by atoms with van der Waals surface area (Å²) in [4.78, 5) is 12.7. The maximum absolute atomic E-state index is 12.7. The van der Waals surface area contributed by atoms with Crippen LogP contribution in [-0.4, -0.2) is 39.8 Å². The number of aryl methyl sites for hydroxylation is 1. The number of nitrogens with one attached hydrogen (secondary N) is 1. The number of carbonyl (C=O) groups is 1. The van der Waals surface area contributed by atoms with Crippen LogP contribution in [0.4, 0.5) is 5.69 Å². The Kier molecular flexibility index (Phi) is 7.71. The Bertz CT molecular complexity index is 901. The molecule has 1 unspecified atom stereocenters. The number of ether oxygens (including phenoxy) is 1. The van der Waals surface area contributed by atoms with Crippen LogP contribution in [0.25, 0.3) is 0 Å². The van der Waals surface area contributed by atoms with Crippen LogP contribution < -0.4 is 14.4 Å². The number of hydrogen-bond acceptors (Lipinski definition) is 4. The summed E-state index contributed by atoms with van der Waals surface area (Å²) in [6.45, 7) is 4.26. The Balaban J connectivity index is 2.05. The molecule has 0 aliphatic rings. The van der Waals surface area contributed by atoms with E-state index in [2.05, 4.69) is 5.32 Å². The average Bonchev–Trinajstić information content (AvgIpc) is 2.64. The highest BCUT2D eigenvalue weighted by atomic mass is 35.5. The molecule has 0 heterocycles. The lowest BCUT2D eigenvalue weighted by atomic mass is 10.2. The van der Waals surface area contributed by atoms with Gasteiger partial charge >= 0.3 is 0 Å². The first-order chi connectivity index (χ1) is 13.2. The number of halogens is 1. The molecule has 0 spiro atoms. The number of para-hydroxylation sites is 1. The third kappa shape index (κ3) is 5.87. The molecule has 6 nitrogen and oxygen atoms in total. The molecule has 2 aromatic carbocycles. The van der Waals surface area contributed by atoms with Crippen molar-refractivity contribution in [2.24, 2.45) is 0 Å². The number of carbonyl (C=O) groups excluding carboxylic acids is 1. The number of rotatable bonds is 9. The van der Waals surface area contributed by atoms with Crippen molar-refractivity contribution in [2.45, 2.75) is 26.3 Å². The summed E-state index contributed by atoms with van der Waals surface area (Å²) < 4.78 is 31.5. The van der Waals surface area contributed by atoms with Gasteiger partial charge in [-0.05, 0) is 49.2 Å². The zero-order valence-electron chi connectivity index (χ0n) is 16.2. The van der Waals surface area contributed by atoms with Crippen LogP contribution in [0.2, 0.25) is 5.02 Å². The van der Waals surface area contributed by atoms with Crippen LogP contribution in [0.1, 0.15) is 18.9 Å². The molecule has 0 aliphatic heterocycles. The third-order valence-electron chi connectivity index (χ3n) is 4.16. The van der Waals surface area contributed by atoms with E-state index in [1.165, 1.54) is 0 Å². The Morgan fingerprint density at radius 3 is 2.39 bits per heavy atom. The van der Waals surface area contributed by atoms with E-state index < -0.39 is 16.1 Å². The molecule has 0 saturated carbocycles. The maximum atomic E-state index is 12.7. The van der Waals surface area contributed by atoms with Crippen molar-refractivity contribution in [1.29, 1.82) is 0 Å². The molecule has 152 valence electrons. The van der Waals surface area contributed by atoms with Gasteiger partial charge in [-0.25, -0.2) is 8.42 Å². The van der Waals surface area contributed by atoms with E-state index in [1.54, 1.807) is 31.2 Å². The Morgan fingerprint density at radius 1 is 1.18 bits per heavy atom. The van der Waals surface area contributed by atoms with Gasteiger partial charge in [-0.15, -0.1) is 0 Å². The maximum Gasteiger partial charge on any atom is 0.244 e. The summed E-state index contributed by atoms with van der Waals surface area (Å²) in [5.74, 6) is 0.374. The highest BCUT2D eigenvalue weighted by molar-refractivity contribution is 7.92. The number of sulfonamides is 1. The van der Waals surface area contributed by atoms with Gasteiger partial charge in [-0.1, -0.05) is 36.7 Å². The van der Waals surface area contributed by atoms with Crippen LogP contribution in [-0.2, 0) is 14.8 Å². The minimum atomic E-state index is -3.67. The van der Waals surface area contributed by atoms with Gasteiger partial charge < -0.3 is 10.1 Å². The predicted octanol–water partition coefficient (Wildman–Crippen LogP) is 3.39. The van der Waals surface area contributed by atoms with Crippen molar-refractivity contribution in [2.75, 3.05) is 23.7 Å². The minimum Gasteiger partial charge on any atom is -0.491 e. The first-order valence-corrected chi connectivity index (χ1v) is 11.2. The molecule has 0 bridgehead atoms. The van der Waals surface area contributed by atoms with Gasteiger partial charge in [0.1, 0.15) is 18.4 Å². The van der Waals surface area contributed by atoms with E-state index in [1.807, 2.05) is 31.2 Å². The number of benzene rings is 2. The normalized spacial score (nSPS) is 12.3. The smallest absolute Gasteiger partial charge is 0.244 e. The van der Waals surface area contributed by atoms with Crippen molar-refractivity contribution >= 4 is 33.2 Å². The topological polar surface area (TPSA) is 75.7 Å². The number of hydrogen-bond donors (Lipinski definition) is 1. The number of amides is 1. The first kappa shape index (κ1) is 22.0. The Hall–Kier alpha value is -2.25. The molecule has 2 aromatic rings. The highest BCUT2D eigenvalue weighted by Gasteiger charge is 2.31. The standard InChI is InChI=1S/C20H25ClN2O4S/c1-4-18(23(28(3,25)26)17-11-9-16(21)10-12-17)20(24)22-13-14-27-19-8-6-5-7-15(19)2/h5-12,18H,4,13-14H2,1-3H3,(H,22,24). The molecule has 0 radical (unpaired) electrons. The second kappa shape index (κ2) is 9.80. The van der Waals surface area contributed by atoms with E-state index in [0.29, 0.717) is 17.1 Å². The number of anilines is 1. The van der Waals surface area contributed by atoms with E-state index in [-0.39, 0.29) is 19.1 Å². The van der Waals surface area contributed by atoms with Gasteiger partial charge in [0.2, 0.25) is 15.9 Å². The summed E-state index contributed by atoms with van der Waals surface area (Å²) in [5.41, 5.74) is 1.40. The summed E-state index contributed by atoms with van der Waals surface area (Å²) in [7, 11) is -3.67. The second-order valence-corrected chi connectivity index (χ2v) is 8.66. The Labute approximate surface area is 171 Å². The quantitative estimate of drug-likeness (QED) is 0.626. The average molecular weight is 425 g/mol. The van der Waals surface area contributed by atoms with Crippen molar-refractivity contribution in [3.63, 3.8) is 0 Å². The summed E-state index contributed by atoms with van der Waals surface area (Å²) in [6, 6.07) is 13.1. The van der Waals surface area contributed by atoms with Crippen LogP contribution >= 0.6 is 11.6 Å². The largest absolute Gasteiger partial charge is 0.491 e. The fourth-order valence-corrected chi connectivity index (χ4v) is 4.16. The summed E-state index contributed by atoms with van der Waals surface area (Å²) in [6.07, 6.45) is 1.40. The van der Waals surface area contributed by atoms with Gasteiger partial charge in [0.15, 0.2) is 0 Å². The predicted molar refractivity (Wildman–Crippen MR) is 113 cm³/mol. The van der Waals surface area contributed by atoms with Crippen molar-refractivity contribution in [3.8, 4) is 5.75 Å². The SMILES string of the molecule is CCC(C(=O)NCCOc1ccccc1C)N(c1ccc(Cl)cc1)S(C)(=O)=O. The molecule has 0 aliphatic carbocycles. The molecule has 0 saturated heterocycles. The van der Waals surface area contributed by atoms with Gasteiger partial charge in [0.25, 0.3) is 0 Å². The lowest BCUT2D eigenvalue weighted by Crippen LogP contribution is -2.50. The minimum absolute atomic E-state index is 0.266. The van der Waals surface area contributed by atoms with E-state index >= 15 is 0 Å².